The molecule has 0 bridgehead atoms. The third kappa shape index (κ3) is 2.84. The number of rotatable bonds is 2. The summed E-state index contributed by atoms with van der Waals surface area (Å²) < 4.78 is 27.9. The zero-order valence-corrected chi connectivity index (χ0v) is 9.53. The van der Waals surface area contributed by atoms with E-state index in [0.29, 0.717) is 13.0 Å². The molecule has 17 heavy (non-hydrogen) atoms. The van der Waals surface area contributed by atoms with Crippen LogP contribution < -0.4 is 11.3 Å². The minimum Gasteiger partial charge on any atom is -0.394 e. The molecular weight excluding hydrogens is 226 g/mol. The highest BCUT2D eigenvalue weighted by molar-refractivity contribution is 5.33. The number of nitrogens with two attached hydrogens (primary N) is 1. The van der Waals surface area contributed by atoms with Crippen molar-refractivity contribution in [1.82, 2.24) is 4.57 Å². The summed E-state index contributed by atoms with van der Waals surface area (Å²) in [4.78, 5) is 11.7. The van der Waals surface area contributed by atoms with Gasteiger partial charge in [0, 0.05) is 25.6 Å². The van der Waals surface area contributed by atoms with Crippen LogP contribution in [-0.4, -0.2) is 10.5 Å². The zero-order chi connectivity index (χ0) is 12.5. The predicted molar refractivity (Wildman–Crippen MR) is 62.0 cm³/mol. The lowest BCUT2D eigenvalue weighted by atomic mass is 9.86. The van der Waals surface area contributed by atoms with E-state index in [2.05, 4.69) is 0 Å². The van der Waals surface area contributed by atoms with Gasteiger partial charge in [-0.1, -0.05) is 0 Å². The molecule has 1 unspecified atom stereocenters. The van der Waals surface area contributed by atoms with Crippen LogP contribution in [0.4, 0.5) is 14.5 Å². The number of alkyl halides is 2. The van der Waals surface area contributed by atoms with Crippen molar-refractivity contribution >= 4 is 5.69 Å². The lowest BCUT2D eigenvalue weighted by Crippen LogP contribution is -2.31. The SMILES string of the molecule is Nc1cccn(CC2CCCC(F)(F)C2)c1=O. The van der Waals surface area contributed by atoms with Crippen LogP contribution in [0.5, 0.6) is 0 Å². The van der Waals surface area contributed by atoms with E-state index in [-0.39, 0.29) is 30.0 Å². The van der Waals surface area contributed by atoms with Gasteiger partial charge in [-0.3, -0.25) is 4.79 Å². The van der Waals surface area contributed by atoms with Gasteiger partial charge in [-0.25, -0.2) is 8.78 Å². The third-order valence-corrected chi connectivity index (χ3v) is 3.25. The van der Waals surface area contributed by atoms with E-state index in [9.17, 15) is 13.6 Å². The highest BCUT2D eigenvalue weighted by atomic mass is 19.3. The molecule has 2 rings (SSSR count). The molecule has 0 amide bonds. The Kier molecular flexibility index (Phi) is 3.17. The number of hydrogen-bond donors (Lipinski definition) is 1. The maximum atomic E-state index is 13.2. The number of hydrogen-bond acceptors (Lipinski definition) is 2. The largest absolute Gasteiger partial charge is 0.394 e. The molecule has 5 heteroatoms. The summed E-state index contributed by atoms with van der Waals surface area (Å²) in [6.07, 6.45) is 2.71. The van der Waals surface area contributed by atoms with Crippen molar-refractivity contribution in [2.24, 2.45) is 5.92 Å². The second-order valence-electron chi connectivity index (χ2n) is 4.74. The first-order valence-corrected chi connectivity index (χ1v) is 5.81. The van der Waals surface area contributed by atoms with E-state index < -0.39 is 5.92 Å². The molecule has 1 fully saturated rings. The highest BCUT2D eigenvalue weighted by Crippen LogP contribution is 2.37. The molecule has 2 N–H and O–H groups in total. The maximum absolute atomic E-state index is 13.2. The van der Waals surface area contributed by atoms with Gasteiger partial charge >= 0.3 is 0 Å². The number of nitrogen functional groups attached to an aromatic ring is 1. The van der Waals surface area contributed by atoms with Crippen LogP contribution in [0, 0.1) is 5.92 Å². The van der Waals surface area contributed by atoms with Gasteiger partial charge in [-0.15, -0.1) is 0 Å². The summed E-state index contributed by atoms with van der Waals surface area (Å²) in [5, 5.41) is 0. The summed E-state index contributed by atoms with van der Waals surface area (Å²) >= 11 is 0. The molecule has 0 spiro atoms. The molecule has 1 saturated carbocycles. The minimum atomic E-state index is -2.58. The van der Waals surface area contributed by atoms with Crippen LogP contribution >= 0.6 is 0 Å². The normalized spacial score (nSPS) is 23.5. The molecule has 1 aliphatic rings. The smallest absolute Gasteiger partial charge is 0.273 e. The van der Waals surface area contributed by atoms with Crippen molar-refractivity contribution in [3.8, 4) is 0 Å². The van der Waals surface area contributed by atoms with E-state index in [0.717, 1.165) is 6.42 Å². The number of pyridine rings is 1. The Balaban J connectivity index is 2.11. The molecule has 1 atom stereocenters. The molecule has 1 aromatic heterocycles. The molecule has 0 radical (unpaired) electrons. The van der Waals surface area contributed by atoms with Crippen molar-refractivity contribution in [3.63, 3.8) is 0 Å². The van der Waals surface area contributed by atoms with Crippen LogP contribution in [0.1, 0.15) is 25.7 Å². The quantitative estimate of drug-likeness (QED) is 0.864. The van der Waals surface area contributed by atoms with Crippen molar-refractivity contribution in [2.75, 3.05) is 5.73 Å². The Hall–Kier alpha value is -1.39. The number of nitrogens with zero attached hydrogens (tertiary/aromatic N) is 1. The molecule has 1 aliphatic carbocycles. The molecule has 1 aromatic rings. The maximum Gasteiger partial charge on any atom is 0.273 e. The molecule has 0 aliphatic heterocycles. The van der Waals surface area contributed by atoms with E-state index >= 15 is 0 Å². The van der Waals surface area contributed by atoms with Crippen molar-refractivity contribution in [2.45, 2.75) is 38.2 Å². The Morgan fingerprint density at radius 1 is 1.53 bits per heavy atom. The standard InChI is InChI=1S/C12H16F2N2O/c13-12(14)5-1-3-9(7-12)8-16-6-2-4-10(15)11(16)17/h2,4,6,9H,1,3,5,7-8,15H2. The van der Waals surface area contributed by atoms with Crippen LogP contribution in [0.25, 0.3) is 0 Å². The van der Waals surface area contributed by atoms with Crippen LogP contribution in [0.3, 0.4) is 0 Å². The number of aromatic nitrogens is 1. The number of halogens is 2. The van der Waals surface area contributed by atoms with Crippen LogP contribution in [0.15, 0.2) is 23.1 Å². The first kappa shape index (κ1) is 12.1. The van der Waals surface area contributed by atoms with Crippen LogP contribution in [-0.2, 0) is 6.54 Å². The molecule has 0 aromatic carbocycles. The summed E-state index contributed by atoms with van der Waals surface area (Å²) in [5.74, 6) is -2.72. The van der Waals surface area contributed by atoms with Gasteiger partial charge in [0.15, 0.2) is 0 Å². The fraction of sp³-hybridized carbons (Fsp3) is 0.583. The molecule has 1 heterocycles. The van der Waals surface area contributed by atoms with Crippen molar-refractivity contribution < 1.29 is 8.78 Å². The van der Waals surface area contributed by atoms with E-state index in [4.69, 9.17) is 5.73 Å². The van der Waals surface area contributed by atoms with Crippen LogP contribution in [0.2, 0.25) is 0 Å². The Bertz CT molecular complexity index is 456. The van der Waals surface area contributed by atoms with Crippen molar-refractivity contribution in [1.29, 1.82) is 0 Å². The summed E-state index contributed by atoms with van der Waals surface area (Å²) in [6, 6.07) is 3.19. The van der Waals surface area contributed by atoms with Gasteiger partial charge in [0.05, 0.1) is 5.69 Å². The topological polar surface area (TPSA) is 48.0 Å². The first-order valence-electron chi connectivity index (χ1n) is 5.81. The average Bonchev–Trinajstić information content (AvgIpc) is 2.23. The Labute approximate surface area is 98.2 Å². The lowest BCUT2D eigenvalue weighted by Gasteiger charge is -2.29. The fourth-order valence-electron chi connectivity index (χ4n) is 2.41. The van der Waals surface area contributed by atoms with E-state index in [1.165, 1.54) is 10.6 Å². The van der Waals surface area contributed by atoms with Gasteiger partial charge in [0.2, 0.25) is 5.92 Å². The lowest BCUT2D eigenvalue weighted by molar-refractivity contribution is -0.0548. The Morgan fingerprint density at radius 2 is 2.29 bits per heavy atom. The van der Waals surface area contributed by atoms with Crippen molar-refractivity contribution in [3.05, 3.63) is 28.7 Å². The summed E-state index contributed by atoms with van der Waals surface area (Å²) in [7, 11) is 0. The van der Waals surface area contributed by atoms with Gasteiger partial charge in [-0.2, -0.15) is 0 Å². The average molecular weight is 242 g/mol. The first-order chi connectivity index (χ1) is 7.98. The fourth-order valence-corrected chi connectivity index (χ4v) is 2.41. The minimum absolute atomic E-state index is 0.0324. The van der Waals surface area contributed by atoms with E-state index in [1.54, 1.807) is 12.3 Å². The predicted octanol–water partition coefficient (Wildman–Crippen LogP) is 2.26. The monoisotopic (exact) mass is 242 g/mol. The highest BCUT2D eigenvalue weighted by Gasteiger charge is 2.36. The second-order valence-corrected chi connectivity index (χ2v) is 4.74. The van der Waals surface area contributed by atoms with Gasteiger partial charge in [0.25, 0.3) is 5.56 Å². The van der Waals surface area contributed by atoms with Gasteiger partial charge in [0.1, 0.15) is 0 Å². The number of anilines is 1. The molecule has 94 valence electrons. The van der Waals surface area contributed by atoms with E-state index in [1.807, 2.05) is 0 Å². The molecule has 3 nitrogen and oxygen atoms in total. The molecular formula is C12H16F2N2O. The summed E-state index contributed by atoms with van der Waals surface area (Å²) in [6.45, 7) is 0.333. The Morgan fingerprint density at radius 3 is 3.00 bits per heavy atom. The molecule has 0 saturated heterocycles. The zero-order valence-electron chi connectivity index (χ0n) is 9.53. The third-order valence-electron chi connectivity index (χ3n) is 3.25. The van der Waals surface area contributed by atoms with Gasteiger partial charge in [-0.05, 0) is 30.9 Å². The van der Waals surface area contributed by atoms with Gasteiger partial charge < -0.3 is 10.3 Å². The second kappa shape index (κ2) is 4.47. The summed E-state index contributed by atoms with van der Waals surface area (Å²) in [5.41, 5.74) is 5.37.